The number of alkyl halides is 1. The molecule has 0 fully saturated rings. The van der Waals surface area contributed by atoms with Crippen LogP contribution >= 0.6 is 27.5 Å². The van der Waals surface area contributed by atoms with Gasteiger partial charge in [-0.05, 0) is 27.9 Å². The maximum absolute atomic E-state index is 13.4. The standard InChI is InChI=1S/C10H11BrClF2NO2S/c1-6(4-12)5-18(16,17)15-10-2-7(11)8(13)3-9(10)14/h2-3,6,15H,4-5H2,1H3. The maximum atomic E-state index is 13.4. The third kappa shape index (κ3) is 4.37. The predicted octanol–water partition coefficient (Wildman–Crippen LogP) is 3.34. The van der Waals surface area contributed by atoms with Gasteiger partial charge in [0.25, 0.3) is 0 Å². The number of anilines is 1. The van der Waals surface area contributed by atoms with E-state index in [1.807, 2.05) is 0 Å². The first-order valence-corrected chi connectivity index (χ1v) is 7.94. The molecule has 0 radical (unpaired) electrons. The van der Waals surface area contributed by atoms with Crippen molar-refractivity contribution in [1.29, 1.82) is 0 Å². The van der Waals surface area contributed by atoms with Crippen LogP contribution in [0.4, 0.5) is 14.5 Å². The number of benzene rings is 1. The summed E-state index contributed by atoms with van der Waals surface area (Å²) >= 11 is 8.37. The zero-order valence-electron chi connectivity index (χ0n) is 9.38. The molecule has 0 aliphatic heterocycles. The van der Waals surface area contributed by atoms with Gasteiger partial charge >= 0.3 is 0 Å². The summed E-state index contributed by atoms with van der Waals surface area (Å²) in [7, 11) is -3.72. The molecule has 0 saturated heterocycles. The van der Waals surface area contributed by atoms with Gasteiger partial charge in [0.05, 0.1) is 15.9 Å². The molecule has 1 rings (SSSR count). The number of hydrogen-bond acceptors (Lipinski definition) is 2. The van der Waals surface area contributed by atoms with E-state index in [4.69, 9.17) is 11.6 Å². The second-order valence-electron chi connectivity index (χ2n) is 3.89. The first kappa shape index (κ1) is 15.7. The fourth-order valence-corrected chi connectivity index (χ4v) is 3.25. The van der Waals surface area contributed by atoms with Crippen LogP contribution in [0, 0.1) is 17.6 Å². The van der Waals surface area contributed by atoms with Crippen LogP contribution in [0.1, 0.15) is 6.92 Å². The Morgan fingerprint density at radius 1 is 1.39 bits per heavy atom. The lowest BCUT2D eigenvalue weighted by molar-refractivity contribution is 0.576. The Balaban J connectivity index is 2.94. The number of rotatable bonds is 5. The fourth-order valence-electron chi connectivity index (χ4n) is 1.23. The summed E-state index contributed by atoms with van der Waals surface area (Å²) in [6.07, 6.45) is 0. The topological polar surface area (TPSA) is 46.2 Å². The van der Waals surface area contributed by atoms with E-state index in [-0.39, 0.29) is 27.7 Å². The Hall–Kier alpha value is -0.400. The van der Waals surface area contributed by atoms with Gasteiger partial charge in [0.1, 0.15) is 11.6 Å². The first-order chi connectivity index (χ1) is 8.25. The zero-order chi connectivity index (χ0) is 13.9. The number of nitrogens with one attached hydrogen (secondary N) is 1. The van der Waals surface area contributed by atoms with E-state index in [2.05, 4.69) is 20.7 Å². The van der Waals surface area contributed by atoms with Crippen LogP contribution in [-0.4, -0.2) is 20.1 Å². The second-order valence-corrected chi connectivity index (χ2v) is 6.82. The molecule has 0 aliphatic carbocycles. The Labute approximate surface area is 118 Å². The van der Waals surface area contributed by atoms with Crippen molar-refractivity contribution in [2.45, 2.75) is 6.92 Å². The van der Waals surface area contributed by atoms with Crippen molar-refractivity contribution in [3.63, 3.8) is 0 Å². The van der Waals surface area contributed by atoms with E-state index < -0.39 is 21.7 Å². The van der Waals surface area contributed by atoms with Gasteiger partial charge in [-0.25, -0.2) is 17.2 Å². The van der Waals surface area contributed by atoms with Crippen molar-refractivity contribution in [2.24, 2.45) is 5.92 Å². The molecule has 1 unspecified atom stereocenters. The highest BCUT2D eigenvalue weighted by Gasteiger charge is 2.18. The zero-order valence-corrected chi connectivity index (χ0v) is 12.5. The SMILES string of the molecule is CC(CCl)CS(=O)(=O)Nc1cc(Br)c(F)cc1F. The van der Waals surface area contributed by atoms with Gasteiger partial charge in [0.2, 0.25) is 10.0 Å². The quantitative estimate of drug-likeness (QED) is 0.645. The van der Waals surface area contributed by atoms with Crippen molar-refractivity contribution >= 4 is 43.2 Å². The van der Waals surface area contributed by atoms with Crippen molar-refractivity contribution in [1.82, 2.24) is 0 Å². The van der Waals surface area contributed by atoms with E-state index in [0.29, 0.717) is 6.07 Å². The van der Waals surface area contributed by atoms with Crippen molar-refractivity contribution in [3.05, 3.63) is 28.2 Å². The van der Waals surface area contributed by atoms with Crippen LogP contribution in [-0.2, 0) is 10.0 Å². The lowest BCUT2D eigenvalue weighted by Crippen LogP contribution is -2.22. The van der Waals surface area contributed by atoms with Crippen molar-refractivity contribution in [3.8, 4) is 0 Å². The Morgan fingerprint density at radius 2 is 2.00 bits per heavy atom. The molecule has 8 heteroatoms. The molecule has 0 amide bonds. The summed E-state index contributed by atoms with van der Waals surface area (Å²) in [6.45, 7) is 1.66. The third-order valence-corrected chi connectivity index (χ3v) is 4.72. The van der Waals surface area contributed by atoms with Crippen molar-refractivity contribution < 1.29 is 17.2 Å². The highest BCUT2D eigenvalue weighted by atomic mass is 79.9. The number of hydrogen-bond donors (Lipinski definition) is 1. The monoisotopic (exact) mass is 361 g/mol. The van der Waals surface area contributed by atoms with E-state index >= 15 is 0 Å². The van der Waals surface area contributed by atoms with Gasteiger partial charge in [0, 0.05) is 11.9 Å². The first-order valence-electron chi connectivity index (χ1n) is 4.96. The van der Waals surface area contributed by atoms with Crippen LogP contribution in [0.5, 0.6) is 0 Å². The highest BCUT2D eigenvalue weighted by Crippen LogP contribution is 2.24. The van der Waals surface area contributed by atoms with Gasteiger partial charge in [-0.1, -0.05) is 6.92 Å². The molecular weight excluding hydrogens is 352 g/mol. The van der Waals surface area contributed by atoms with E-state index in [0.717, 1.165) is 6.07 Å². The van der Waals surface area contributed by atoms with Gasteiger partial charge in [-0.2, -0.15) is 0 Å². The minimum Gasteiger partial charge on any atom is -0.281 e. The number of sulfonamides is 1. The number of halogens is 4. The second kappa shape index (κ2) is 6.16. The molecule has 1 atom stereocenters. The molecule has 0 saturated carbocycles. The Kier molecular flexibility index (Phi) is 5.36. The molecule has 1 N–H and O–H groups in total. The summed E-state index contributed by atoms with van der Waals surface area (Å²) in [5, 5.41) is 0. The van der Waals surface area contributed by atoms with Gasteiger partial charge in [-0.3, -0.25) is 4.72 Å². The lowest BCUT2D eigenvalue weighted by Gasteiger charge is -2.12. The van der Waals surface area contributed by atoms with E-state index in [1.54, 1.807) is 6.92 Å². The predicted molar refractivity (Wildman–Crippen MR) is 71.4 cm³/mol. The normalized spacial score (nSPS) is 13.4. The summed E-state index contributed by atoms with van der Waals surface area (Å²) in [6, 6.07) is 1.64. The average Bonchev–Trinajstić information content (AvgIpc) is 2.24. The molecule has 0 bridgehead atoms. The van der Waals surface area contributed by atoms with Crippen LogP contribution < -0.4 is 4.72 Å². The summed E-state index contributed by atoms with van der Waals surface area (Å²) in [5.41, 5.74) is -0.301. The average molecular weight is 363 g/mol. The van der Waals surface area contributed by atoms with Crippen LogP contribution in [0.25, 0.3) is 0 Å². The van der Waals surface area contributed by atoms with Crippen LogP contribution in [0.2, 0.25) is 0 Å². The molecule has 1 aromatic carbocycles. The van der Waals surface area contributed by atoms with Gasteiger partial charge in [-0.15, -0.1) is 11.6 Å². The molecule has 18 heavy (non-hydrogen) atoms. The summed E-state index contributed by atoms with van der Waals surface area (Å²) < 4.78 is 51.7. The van der Waals surface area contributed by atoms with Crippen LogP contribution in [0.15, 0.2) is 16.6 Å². The molecule has 3 nitrogen and oxygen atoms in total. The molecular formula is C10H11BrClF2NO2S. The molecule has 0 aromatic heterocycles. The third-order valence-electron chi connectivity index (χ3n) is 2.04. The fraction of sp³-hybridized carbons (Fsp3) is 0.400. The van der Waals surface area contributed by atoms with Gasteiger partial charge < -0.3 is 0 Å². The van der Waals surface area contributed by atoms with Crippen molar-refractivity contribution in [2.75, 3.05) is 16.4 Å². The molecule has 0 spiro atoms. The lowest BCUT2D eigenvalue weighted by atomic mass is 10.3. The van der Waals surface area contributed by atoms with Gasteiger partial charge in [0.15, 0.2) is 0 Å². The van der Waals surface area contributed by atoms with Crippen LogP contribution in [0.3, 0.4) is 0 Å². The minimum absolute atomic E-state index is 0.0213. The maximum Gasteiger partial charge on any atom is 0.233 e. The molecule has 1 aromatic rings. The Morgan fingerprint density at radius 3 is 2.56 bits per heavy atom. The van der Waals surface area contributed by atoms with E-state index in [9.17, 15) is 17.2 Å². The highest BCUT2D eigenvalue weighted by molar-refractivity contribution is 9.10. The molecule has 0 heterocycles. The Bertz CT molecular complexity index is 539. The minimum atomic E-state index is -3.72. The molecule has 102 valence electrons. The largest absolute Gasteiger partial charge is 0.281 e. The molecule has 0 aliphatic rings. The van der Waals surface area contributed by atoms with E-state index in [1.165, 1.54) is 0 Å². The summed E-state index contributed by atoms with van der Waals surface area (Å²) in [4.78, 5) is 0. The smallest absolute Gasteiger partial charge is 0.233 e. The summed E-state index contributed by atoms with van der Waals surface area (Å²) in [5.74, 6) is -2.10.